The van der Waals surface area contributed by atoms with E-state index in [4.69, 9.17) is 9.73 Å². The van der Waals surface area contributed by atoms with E-state index in [1.54, 1.807) is 0 Å². The lowest BCUT2D eigenvalue weighted by atomic mass is 10.0. The molecular weight excluding hydrogens is 312 g/mol. The van der Waals surface area contributed by atoms with Gasteiger partial charge in [-0.05, 0) is 46.1 Å². The van der Waals surface area contributed by atoms with E-state index >= 15 is 0 Å². The second kappa shape index (κ2) is 9.78. The summed E-state index contributed by atoms with van der Waals surface area (Å²) in [6.45, 7) is 11.9. The van der Waals surface area contributed by atoms with Crippen LogP contribution < -0.4 is 16.0 Å². The molecule has 1 aromatic carbocycles. The zero-order chi connectivity index (χ0) is 18.1. The highest BCUT2D eigenvalue weighted by molar-refractivity contribution is 5.79. The molecule has 0 spiro atoms. The molecule has 0 radical (unpaired) electrons. The molecule has 0 amide bonds. The number of aliphatic imine (C=N–C) groups is 1. The zero-order valence-electron chi connectivity index (χ0n) is 16.1. The van der Waals surface area contributed by atoms with Gasteiger partial charge in [0.15, 0.2) is 5.96 Å². The third-order valence-corrected chi connectivity index (χ3v) is 4.40. The molecule has 0 saturated carbocycles. The second-order valence-corrected chi connectivity index (χ2v) is 7.37. The Balaban J connectivity index is 1.87. The van der Waals surface area contributed by atoms with E-state index < -0.39 is 0 Å². The number of guanidine groups is 1. The maximum atomic E-state index is 5.67. The molecule has 5 heteroatoms. The molecule has 0 aliphatic carbocycles. The van der Waals surface area contributed by atoms with Gasteiger partial charge in [-0.2, -0.15) is 0 Å². The highest BCUT2D eigenvalue weighted by Crippen LogP contribution is 2.16. The highest BCUT2D eigenvalue weighted by Gasteiger charge is 2.21. The second-order valence-electron chi connectivity index (χ2n) is 7.37. The van der Waals surface area contributed by atoms with Crippen molar-refractivity contribution in [3.05, 3.63) is 35.9 Å². The Morgan fingerprint density at radius 1 is 1.28 bits per heavy atom. The molecule has 1 heterocycles. The number of hydrogen-bond donors (Lipinski definition) is 3. The van der Waals surface area contributed by atoms with Gasteiger partial charge in [0, 0.05) is 31.3 Å². The van der Waals surface area contributed by atoms with Crippen LogP contribution >= 0.6 is 0 Å². The topological polar surface area (TPSA) is 57.7 Å². The summed E-state index contributed by atoms with van der Waals surface area (Å²) in [5, 5.41) is 10.4. The number of nitrogens with zero attached hydrogens (tertiary/aromatic N) is 1. The molecule has 3 N–H and O–H groups in total. The van der Waals surface area contributed by atoms with Gasteiger partial charge in [-0.25, -0.2) is 0 Å². The van der Waals surface area contributed by atoms with Gasteiger partial charge >= 0.3 is 0 Å². The summed E-state index contributed by atoms with van der Waals surface area (Å²) < 4.78 is 5.67. The molecule has 5 nitrogen and oxygen atoms in total. The quantitative estimate of drug-likeness (QED) is 0.500. The van der Waals surface area contributed by atoms with Crippen molar-refractivity contribution in [2.24, 2.45) is 4.99 Å². The van der Waals surface area contributed by atoms with Crippen LogP contribution in [0.5, 0.6) is 0 Å². The van der Waals surface area contributed by atoms with Gasteiger partial charge in [-0.1, -0.05) is 30.3 Å². The molecule has 0 bridgehead atoms. The van der Waals surface area contributed by atoms with E-state index in [0.29, 0.717) is 12.6 Å². The third kappa shape index (κ3) is 7.04. The Morgan fingerprint density at radius 2 is 2.04 bits per heavy atom. The van der Waals surface area contributed by atoms with Crippen molar-refractivity contribution in [1.29, 1.82) is 0 Å². The molecule has 1 aromatic rings. The Morgan fingerprint density at radius 3 is 2.68 bits per heavy atom. The first-order chi connectivity index (χ1) is 12.0. The molecule has 2 unspecified atom stereocenters. The minimum Gasteiger partial charge on any atom is -0.376 e. The van der Waals surface area contributed by atoms with E-state index in [1.165, 1.54) is 5.56 Å². The van der Waals surface area contributed by atoms with Crippen molar-refractivity contribution in [3.63, 3.8) is 0 Å². The fraction of sp³-hybridized carbons (Fsp3) is 0.650. The first kappa shape index (κ1) is 19.7. The Labute approximate surface area is 152 Å². The van der Waals surface area contributed by atoms with Gasteiger partial charge in [0.25, 0.3) is 0 Å². The van der Waals surface area contributed by atoms with E-state index in [0.717, 1.165) is 38.5 Å². The summed E-state index contributed by atoms with van der Waals surface area (Å²) in [5.74, 6) is 0.861. The number of nitrogens with one attached hydrogen (secondary N) is 3. The van der Waals surface area contributed by atoms with E-state index in [9.17, 15) is 0 Å². The summed E-state index contributed by atoms with van der Waals surface area (Å²) in [7, 11) is 0. The van der Waals surface area contributed by atoms with Crippen LogP contribution in [-0.2, 0) is 4.74 Å². The fourth-order valence-corrected chi connectivity index (χ4v) is 3.09. The smallest absolute Gasteiger partial charge is 0.191 e. The standard InChI is InChI=1S/C20H34N4O/c1-5-21-19(22-14-18-12-9-13-25-18)23-15-20(3,4)24-16(2)17-10-7-6-8-11-17/h6-8,10-11,16,18,24H,5,9,12-15H2,1-4H3,(H2,21,22,23). The summed E-state index contributed by atoms with van der Waals surface area (Å²) in [5.41, 5.74) is 1.20. The van der Waals surface area contributed by atoms with Crippen molar-refractivity contribution in [2.75, 3.05) is 26.2 Å². The van der Waals surface area contributed by atoms with Crippen LogP contribution in [0.4, 0.5) is 0 Å². The average molecular weight is 347 g/mol. The van der Waals surface area contributed by atoms with Crippen LogP contribution in [-0.4, -0.2) is 43.8 Å². The Bertz CT molecular complexity index is 524. The molecule has 2 atom stereocenters. The van der Waals surface area contributed by atoms with Crippen LogP contribution in [0.25, 0.3) is 0 Å². The number of ether oxygens (including phenoxy) is 1. The molecule has 1 fully saturated rings. The monoisotopic (exact) mass is 346 g/mol. The molecule has 1 saturated heterocycles. The minimum atomic E-state index is -0.0958. The average Bonchev–Trinajstić information content (AvgIpc) is 3.11. The highest BCUT2D eigenvalue weighted by atomic mass is 16.5. The van der Waals surface area contributed by atoms with Gasteiger partial charge in [-0.15, -0.1) is 0 Å². The predicted octanol–water partition coefficient (Wildman–Crippen LogP) is 2.85. The summed E-state index contributed by atoms with van der Waals surface area (Å²) in [6.07, 6.45) is 2.61. The predicted molar refractivity (Wildman–Crippen MR) is 105 cm³/mol. The molecule has 0 aromatic heterocycles. The van der Waals surface area contributed by atoms with Gasteiger partial charge in [-0.3, -0.25) is 4.99 Å². The molecule has 25 heavy (non-hydrogen) atoms. The normalized spacial score (nSPS) is 19.7. The maximum absolute atomic E-state index is 5.67. The lowest BCUT2D eigenvalue weighted by molar-refractivity contribution is 0.114. The van der Waals surface area contributed by atoms with E-state index in [1.807, 2.05) is 6.07 Å². The molecule has 1 aliphatic rings. The summed E-state index contributed by atoms with van der Waals surface area (Å²) in [6, 6.07) is 10.8. The molecule has 1 aliphatic heterocycles. The van der Waals surface area contributed by atoms with Gasteiger partial charge in [0.05, 0.1) is 12.6 Å². The van der Waals surface area contributed by atoms with Crippen LogP contribution in [0.15, 0.2) is 35.3 Å². The lowest BCUT2D eigenvalue weighted by Gasteiger charge is -2.29. The van der Waals surface area contributed by atoms with Crippen molar-refractivity contribution in [1.82, 2.24) is 16.0 Å². The maximum Gasteiger partial charge on any atom is 0.191 e. The lowest BCUT2D eigenvalue weighted by Crippen LogP contribution is -2.46. The van der Waals surface area contributed by atoms with Crippen LogP contribution in [0.2, 0.25) is 0 Å². The number of rotatable bonds is 8. The Kier molecular flexibility index (Phi) is 7.72. The molecular formula is C20H34N4O. The molecule has 140 valence electrons. The third-order valence-electron chi connectivity index (χ3n) is 4.40. The number of benzene rings is 1. The van der Waals surface area contributed by atoms with Crippen molar-refractivity contribution >= 4 is 5.96 Å². The minimum absolute atomic E-state index is 0.0958. The fourth-order valence-electron chi connectivity index (χ4n) is 3.09. The van der Waals surface area contributed by atoms with Gasteiger partial charge < -0.3 is 20.7 Å². The summed E-state index contributed by atoms with van der Waals surface area (Å²) in [4.78, 5) is 4.77. The van der Waals surface area contributed by atoms with E-state index in [2.05, 4.69) is 67.9 Å². The SMILES string of the molecule is CCNC(=NCC(C)(C)NC(C)c1ccccc1)NCC1CCCO1. The number of hydrogen-bond acceptors (Lipinski definition) is 3. The first-order valence-electron chi connectivity index (χ1n) is 9.46. The Hall–Kier alpha value is -1.59. The van der Waals surface area contributed by atoms with Crippen molar-refractivity contribution < 1.29 is 4.74 Å². The largest absolute Gasteiger partial charge is 0.376 e. The first-order valence-corrected chi connectivity index (χ1v) is 9.46. The summed E-state index contributed by atoms with van der Waals surface area (Å²) >= 11 is 0. The van der Waals surface area contributed by atoms with Crippen LogP contribution in [0.1, 0.15) is 52.1 Å². The van der Waals surface area contributed by atoms with Crippen molar-refractivity contribution in [2.45, 2.75) is 58.2 Å². The zero-order valence-corrected chi connectivity index (χ0v) is 16.1. The van der Waals surface area contributed by atoms with Crippen LogP contribution in [0, 0.1) is 0 Å². The van der Waals surface area contributed by atoms with E-state index in [-0.39, 0.29) is 11.6 Å². The van der Waals surface area contributed by atoms with Gasteiger partial charge in [0.2, 0.25) is 0 Å². The van der Waals surface area contributed by atoms with Gasteiger partial charge in [0.1, 0.15) is 0 Å². The van der Waals surface area contributed by atoms with Crippen LogP contribution in [0.3, 0.4) is 0 Å². The molecule has 2 rings (SSSR count). The van der Waals surface area contributed by atoms with Crippen molar-refractivity contribution in [3.8, 4) is 0 Å².